The number of nitrogen functional groups attached to an aromatic ring is 1. The van der Waals surface area contributed by atoms with Crippen LogP contribution < -0.4 is 10.5 Å². The zero-order valence-electron chi connectivity index (χ0n) is 11.5. The first-order valence-electron chi connectivity index (χ1n) is 5.83. The first kappa shape index (κ1) is 14.3. The van der Waals surface area contributed by atoms with E-state index in [2.05, 4.69) is 14.3 Å². The molecule has 7 heteroatoms. The highest BCUT2D eigenvalue weighted by atomic mass is 32.2. The Hall–Kier alpha value is -2.15. The van der Waals surface area contributed by atoms with E-state index in [0.717, 1.165) is 5.56 Å². The Labute approximate surface area is 118 Å². The Balaban J connectivity index is 2.46. The van der Waals surface area contributed by atoms with Crippen LogP contribution in [0.2, 0.25) is 0 Å². The topological polar surface area (TPSA) is 90.5 Å². The van der Waals surface area contributed by atoms with Gasteiger partial charge in [0.1, 0.15) is 0 Å². The lowest BCUT2D eigenvalue weighted by Gasteiger charge is -2.10. The maximum Gasteiger partial charge on any atom is 0.180 e. The van der Waals surface area contributed by atoms with Crippen molar-refractivity contribution in [1.29, 1.82) is 0 Å². The van der Waals surface area contributed by atoms with Gasteiger partial charge < -0.3 is 10.5 Å². The van der Waals surface area contributed by atoms with Crippen molar-refractivity contribution in [3.63, 3.8) is 0 Å². The van der Waals surface area contributed by atoms with Gasteiger partial charge in [-0.25, -0.2) is 9.19 Å². The standard InChI is InChI=1S/C13H16N4O2S/c1-19-13-9(5-4-6-10(13)14)11-7-16-12(8-15-11)17-20(2,3)18/h4-8H,14H2,1-3H3. The van der Waals surface area contributed by atoms with Gasteiger partial charge in [0.15, 0.2) is 11.6 Å². The van der Waals surface area contributed by atoms with E-state index in [-0.39, 0.29) is 0 Å². The van der Waals surface area contributed by atoms with Gasteiger partial charge in [-0.1, -0.05) is 6.07 Å². The highest BCUT2D eigenvalue weighted by Gasteiger charge is 2.10. The summed E-state index contributed by atoms with van der Waals surface area (Å²) in [6.07, 6.45) is 6.12. The Kier molecular flexibility index (Phi) is 3.89. The number of aromatic nitrogens is 2. The molecule has 1 heterocycles. The zero-order valence-corrected chi connectivity index (χ0v) is 12.3. The Morgan fingerprint density at radius 2 is 2.00 bits per heavy atom. The van der Waals surface area contributed by atoms with Gasteiger partial charge in [-0.3, -0.25) is 4.98 Å². The van der Waals surface area contributed by atoms with E-state index in [1.807, 2.05) is 12.1 Å². The molecule has 2 N–H and O–H groups in total. The van der Waals surface area contributed by atoms with Gasteiger partial charge in [0.25, 0.3) is 0 Å². The van der Waals surface area contributed by atoms with Crippen molar-refractivity contribution >= 4 is 21.2 Å². The van der Waals surface area contributed by atoms with E-state index in [4.69, 9.17) is 10.5 Å². The predicted molar refractivity (Wildman–Crippen MR) is 80.5 cm³/mol. The summed E-state index contributed by atoms with van der Waals surface area (Å²) in [5.74, 6) is 0.896. The number of hydrogen-bond acceptors (Lipinski definition) is 6. The number of anilines is 1. The maximum atomic E-state index is 11.6. The lowest BCUT2D eigenvalue weighted by Crippen LogP contribution is -1.96. The maximum absolute atomic E-state index is 11.6. The molecule has 1 aromatic carbocycles. The minimum atomic E-state index is -2.25. The number of para-hydroxylation sites is 1. The molecule has 0 bridgehead atoms. The van der Waals surface area contributed by atoms with E-state index in [0.29, 0.717) is 22.9 Å². The van der Waals surface area contributed by atoms with Crippen molar-refractivity contribution in [2.75, 3.05) is 25.4 Å². The van der Waals surface area contributed by atoms with Crippen LogP contribution >= 0.6 is 0 Å². The molecule has 0 unspecified atom stereocenters. The fourth-order valence-corrected chi connectivity index (χ4v) is 2.26. The largest absolute Gasteiger partial charge is 0.494 e. The third-order valence-corrected chi connectivity index (χ3v) is 3.10. The number of rotatable bonds is 3. The second-order valence-corrected chi connectivity index (χ2v) is 7.01. The summed E-state index contributed by atoms with van der Waals surface area (Å²) in [6.45, 7) is 0. The van der Waals surface area contributed by atoms with Gasteiger partial charge in [0, 0.05) is 27.8 Å². The molecule has 0 aliphatic heterocycles. The second kappa shape index (κ2) is 5.46. The van der Waals surface area contributed by atoms with Gasteiger partial charge in [0.05, 0.1) is 30.9 Å². The summed E-state index contributed by atoms with van der Waals surface area (Å²) in [4.78, 5) is 8.41. The summed E-state index contributed by atoms with van der Waals surface area (Å²) in [6, 6.07) is 5.42. The number of hydrogen-bond donors (Lipinski definition) is 1. The van der Waals surface area contributed by atoms with Crippen molar-refractivity contribution in [2.45, 2.75) is 0 Å². The molecule has 0 radical (unpaired) electrons. The highest BCUT2D eigenvalue weighted by Crippen LogP contribution is 2.33. The zero-order chi connectivity index (χ0) is 14.8. The van der Waals surface area contributed by atoms with Crippen molar-refractivity contribution in [1.82, 2.24) is 9.97 Å². The highest BCUT2D eigenvalue weighted by molar-refractivity contribution is 7.92. The lowest BCUT2D eigenvalue weighted by molar-refractivity contribution is 0.418. The number of ether oxygens (including phenoxy) is 1. The van der Waals surface area contributed by atoms with E-state index in [9.17, 15) is 4.21 Å². The molecule has 0 fully saturated rings. The molecule has 0 saturated heterocycles. The van der Waals surface area contributed by atoms with Gasteiger partial charge in [-0.15, -0.1) is 0 Å². The Morgan fingerprint density at radius 1 is 1.25 bits per heavy atom. The Morgan fingerprint density at radius 3 is 2.55 bits per heavy atom. The first-order chi connectivity index (χ1) is 9.40. The molecule has 0 aliphatic rings. The van der Waals surface area contributed by atoms with Gasteiger partial charge in [-0.2, -0.15) is 4.36 Å². The van der Waals surface area contributed by atoms with E-state index >= 15 is 0 Å². The van der Waals surface area contributed by atoms with Crippen LogP contribution in [0.25, 0.3) is 11.3 Å². The molecule has 106 valence electrons. The summed E-state index contributed by atoms with van der Waals surface area (Å²) < 4.78 is 20.8. The van der Waals surface area contributed by atoms with Gasteiger partial charge in [0.2, 0.25) is 0 Å². The van der Waals surface area contributed by atoms with Crippen LogP contribution in [0.4, 0.5) is 11.5 Å². The molecule has 0 atom stereocenters. The Bertz CT molecular complexity index is 727. The fourth-order valence-electron chi connectivity index (χ4n) is 1.72. The average molecular weight is 292 g/mol. The van der Waals surface area contributed by atoms with E-state index in [1.165, 1.54) is 6.20 Å². The number of nitrogens with two attached hydrogens (primary N) is 1. The molecular weight excluding hydrogens is 276 g/mol. The smallest absolute Gasteiger partial charge is 0.180 e. The summed E-state index contributed by atoms with van der Waals surface area (Å²) in [5.41, 5.74) is 7.75. The lowest BCUT2D eigenvalue weighted by atomic mass is 10.1. The molecule has 6 nitrogen and oxygen atoms in total. The normalized spacial score (nSPS) is 11.2. The van der Waals surface area contributed by atoms with Crippen LogP contribution in [0, 0.1) is 0 Å². The molecule has 2 rings (SSSR count). The number of benzene rings is 1. The molecule has 0 amide bonds. The van der Waals surface area contributed by atoms with E-state index < -0.39 is 9.73 Å². The van der Waals surface area contributed by atoms with Gasteiger partial charge in [-0.05, 0) is 12.1 Å². The number of methoxy groups -OCH3 is 1. The van der Waals surface area contributed by atoms with Crippen LogP contribution in [0.5, 0.6) is 5.75 Å². The van der Waals surface area contributed by atoms with Crippen LogP contribution in [0.3, 0.4) is 0 Å². The fraction of sp³-hybridized carbons (Fsp3) is 0.231. The quantitative estimate of drug-likeness (QED) is 0.875. The van der Waals surface area contributed by atoms with Crippen molar-refractivity contribution < 1.29 is 8.95 Å². The molecule has 0 aliphatic carbocycles. The van der Waals surface area contributed by atoms with Crippen LogP contribution in [-0.2, 0) is 9.73 Å². The molecular formula is C13H16N4O2S. The summed E-state index contributed by atoms with van der Waals surface area (Å²) in [7, 11) is -0.695. The first-order valence-corrected chi connectivity index (χ1v) is 8.16. The molecule has 1 aromatic heterocycles. The molecule has 0 saturated carbocycles. The molecule has 2 aromatic rings. The predicted octanol–water partition coefficient (Wildman–Crippen LogP) is 2.09. The van der Waals surface area contributed by atoms with Crippen molar-refractivity contribution in [2.24, 2.45) is 4.36 Å². The molecule has 0 spiro atoms. The third-order valence-electron chi connectivity index (χ3n) is 2.48. The minimum absolute atomic E-state index is 0.339. The molecule has 20 heavy (non-hydrogen) atoms. The summed E-state index contributed by atoms with van der Waals surface area (Å²) in [5, 5.41) is 0. The third kappa shape index (κ3) is 3.24. The summed E-state index contributed by atoms with van der Waals surface area (Å²) >= 11 is 0. The SMILES string of the molecule is COc1c(N)cccc1-c1cnc(N=S(C)(C)=O)cn1. The second-order valence-electron chi connectivity index (χ2n) is 4.46. The average Bonchev–Trinajstić information content (AvgIpc) is 2.37. The van der Waals surface area contributed by atoms with Crippen LogP contribution in [0.1, 0.15) is 0 Å². The minimum Gasteiger partial charge on any atom is -0.494 e. The monoisotopic (exact) mass is 292 g/mol. The van der Waals surface area contributed by atoms with E-state index in [1.54, 1.807) is 31.9 Å². The number of nitrogens with zero attached hydrogens (tertiary/aromatic N) is 3. The van der Waals surface area contributed by atoms with Crippen LogP contribution in [0.15, 0.2) is 35.0 Å². The van der Waals surface area contributed by atoms with Crippen molar-refractivity contribution in [3.8, 4) is 17.0 Å². The van der Waals surface area contributed by atoms with Gasteiger partial charge >= 0.3 is 0 Å². The van der Waals surface area contributed by atoms with Crippen molar-refractivity contribution in [3.05, 3.63) is 30.6 Å². The van der Waals surface area contributed by atoms with Crippen LogP contribution in [-0.4, -0.2) is 33.8 Å².